The summed E-state index contributed by atoms with van der Waals surface area (Å²) in [5.74, 6) is 0.503. The van der Waals surface area contributed by atoms with Crippen LogP contribution in [0.4, 0.5) is 0 Å². The van der Waals surface area contributed by atoms with Crippen LogP contribution in [0.1, 0.15) is 17.7 Å². The molecule has 0 amide bonds. The fraction of sp³-hybridized carbons (Fsp3) is 0.636. The van der Waals surface area contributed by atoms with Crippen molar-refractivity contribution in [1.29, 1.82) is 0 Å². The first-order valence-corrected chi connectivity index (χ1v) is 6.12. The molecule has 0 radical (unpaired) electrons. The van der Waals surface area contributed by atoms with E-state index in [1.165, 1.54) is 24.3 Å². The lowest BCUT2D eigenvalue weighted by atomic mass is 9.99. The van der Waals surface area contributed by atoms with Gasteiger partial charge in [0.05, 0.1) is 0 Å². The van der Waals surface area contributed by atoms with Gasteiger partial charge in [-0.1, -0.05) is 6.07 Å². The summed E-state index contributed by atoms with van der Waals surface area (Å²) in [6, 6.07) is 4.29. The summed E-state index contributed by atoms with van der Waals surface area (Å²) >= 11 is 1.82. The molecule has 1 N–H and O–H groups in total. The molecule has 14 heavy (non-hydrogen) atoms. The third kappa shape index (κ3) is 2.56. The van der Waals surface area contributed by atoms with Crippen molar-refractivity contribution in [1.82, 2.24) is 4.90 Å². The first-order chi connectivity index (χ1) is 6.88. The van der Waals surface area contributed by atoms with Crippen LogP contribution in [0.25, 0.3) is 0 Å². The molecule has 0 aromatic carbocycles. The molecule has 2 heterocycles. The van der Waals surface area contributed by atoms with Crippen LogP contribution in [0.5, 0.6) is 0 Å². The van der Waals surface area contributed by atoms with Gasteiger partial charge in [-0.2, -0.15) is 0 Å². The Kier molecular flexibility index (Phi) is 3.56. The third-order valence-corrected chi connectivity index (χ3v) is 3.68. The number of thiophene rings is 1. The van der Waals surface area contributed by atoms with Gasteiger partial charge in [-0.3, -0.25) is 4.90 Å². The summed E-state index contributed by atoms with van der Waals surface area (Å²) in [5, 5.41) is 11.2. The van der Waals surface area contributed by atoms with Crippen molar-refractivity contribution in [3.8, 4) is 0 Å². The maximum Gasteiger partial charge on any atom is 0.0471 e. The van der Waals surface area contributed by atoms with Gasteiger partial charge < -0.3 is 5.11 Å². The Hall–Kier alpha value is -0.380. The molecular weight excluding hydrogens is 194 g/mol. The second kappa shape index (κ2) is 4.91. The summed E-state index contributed by atoms with van der Waals surface area (Å²) in [5.41, 5.74) is 0. The third-order valence-electron chi connectivity index (χ3n) is 2.82. The van der Waals surface area contributed by atoms with Crippen LogP contribution in [0.3, 0.4) is 0 Å². The van der Waals surface area contributed by atoms with E-state index in [9.17, 15) is 0 Å². The van der Waals surface area contributed by atoms with Gasteiger partial charge in [-0.25, -0.2) is 0 Å². The van der Waals surface area contributed by atoms with E-state index < -0.39 is 0 Å². The van der Waals surface area contributed by atoms with Gasteiger partial charge >= 0.3 is 0 Å². The van der Waals surface area contributed by atoms with Crippen LogP contribution in [0.2, 0.25) is 0 Å². The van der Waals surface area contributed by atoms with Gasteiger partial charge in [0.2, 0.25) is 0 Å². The fourth-order valence-corrected chi connectivity index (χ4v) is 2.81. The van der Waals surface area contributed by atoms with Crippen LogP contribution in [0, 0.1) is 5.92 Å². The lowest BCUT2D eigenvalue weighted by Crippen LogP contribution is -2.36. The van der Waals surface area contributed by atoms with E-state index in [4.69, 9.17) is 5.11 Å². The van der Waals surface area contributed by atoms with Gasteiger partial charge in [0.15, 0.2) is 0 Å². The first-order valence-electron chi connectivity index (χ1n) is 5.24. The van der Waals surface area contributed by atoms with E-state index in [0.29, 0.717) is 12.5 Å². The lowest BCUT2D eigenvalue weighted by Gasteiger charge is -2.31. The fourth-order valence-electron chi connectivity index (χ4n) is 2.07. The minimum atomic E-state index is 0.348. The smallest absolute Gasteiger partial charge is 0.0471 e. The van der Waals surface area contributed by atoms with E-state index in [1.54, 1.807) is 0 Å². The van der Waals surface area contributed by atoms with E-state index >= 15 is 0 Å². The summed E-state index contributed by atoms with van der Waals surface area (Å²) in [4.78, 5) is 3.89. The monoisotopic (exact) mass is 211 g/mol. The van der Waals surface area contributed by atoms with Crippen LogP contribution in [-0.4, -0.2) is 29.7 Å². The molecule has 0 unspecified atom stereocenters. The highest BCUT2D eigenvalue weighted by atomic mass is 32.1. The van der Waals surface area contributed by atoms with Gasteiger partial charge in [0.1, 0.15) is 0 Å². The van der Waals surface area contributed by atoms with Crippen LogP contribution in [-0.2, 0) is 6.54 Å². The maximum absolute atomic E-state index is 9.11. The van der Waals surface area contributed by atoms with E-state index in [1.807, 2.05) is 11.3 Å². The number of hydrogen-bond acceptors (Lipinski definition) is 3. The van der Waals surface area contributed by atoms with Crippen LogP contribution >= 0.6 is 11.3 Å². The average molecular weight is 211 g/mol. The molecule has 1 saturated heterocycles. The highest BCUT2D eigenvalue weighted by molar-refractivity contribution is 7.09. The van der Waals surface area contributed by atoms with Crippen molar-refractivity contribution in [3.05, 3.63) is 22.4 Å². The minimum Gasteiger partial charge on any atom is -0.396 e. The Balaban J connectivity index is 1.86. The second-order valence-corrected chi connectivity index (χ2v) is 5.04. The van der Waals surface area contributed by atoms with E-state index in [2.05, 4.69) is 22.4 Å². The number of rotatable bonds is 3. The number of nitrogens with zero attached hydrogens (tertiary/aromatic N) is 1. The Morgan fingerprint density at radius 2 is 2.50 bits per heavy atom. The Labute approximate surface area is 89.2 Å². The number of hydrogen-bond donors (Lipinski definition) is 1. The topological polar surface area (TPSA) is 23.5 Å². The molecule has 0 aliphatic carbocycles. The van der Waals surface area contributed by atoms with Gasteiger partial charge in [0.25, 0.3) is 0 Å². The number of piperidine rings is 1. The molecule has 1 aromatic rings. The average Bonchev–Trinajstić information content (AvgIpc) is 2.71. The number of aliphatic hydroxyl groups is 1. The van der Waals surface area contributed by atoms with E-state index in [0.717, 1.165) is 13.1 Å². The molecule has 2 nitrogen and oxygen atoms in total. The van der Waals surface area contributed by atoms with Crippen molar-refractivity contribution in [2.75, 3.05) is 19.7 Å². The molecule has 1 aliphatic rings. The van der Waals surface area contributed by atoms with Crippen molar-refractivity contribution in [2.24, 2.45) is 5.92 Å². The normalized spacial score (nSPS) is 23.9. The molecule has 0 bridgehead atoms. The zero-order valence-corrected chi connectivity index (χ0v) is 9.17. The second-order valence-electron chi connectivity index (χ2n) is 4.01. The molecule has 0 spiro atoms. The molecular formula is C11H17NOS. The highest BCUT2D eigenvalue weighted by Crippen LogP contribution is 2.19. The van der Waals surface area contributed by atoms with E-state index in [-0.39, 0.29) is 0 Å². The molecule has 1 aliphatic heterocycles. The summed E-state index contributed by atoms with van der Waals surface area (Å²) < 4.78 is 0. The molecule has 1 fully saturated rings. The zero-order chi connectivity index (χ0) is 9.80. The quantitative estimate of drug-likeness (QED) is 0.826. The molecule has 0 saturated carbocycles. The van der Waals surface area contributed by atoms with Crippen molar-refractivity contribution in [2.45, 2.75) is 19.4 Å². The summed E-state index contributed by atoms with van der Waals surface area (Å²) in [7, 11) is 0. The van der Waals surface area contributed by atoms with Gasteiger partial charge in [-0.05, 0) is 36.8 Å². The molecule has 2 rings (SSSR count). The molecule has 1 atom stereocenters. The summed E-state index contributed by atoms with van der Waals surface area (Å²) in [6.45, 7) is 3.66. The molecule has 3 heteroatoms. The number of aliphatic hydroxyl groups excluding tert-OH is 1. The van der Waals surface area contributed by atoms with Crippen molar-refractivity contribution < 1.29 is 5.11 Å². The lowest BCUT2D eigenvalue weighted by molar-refractivity contribution is 0.116. The Bertz CT molecular complexity index is 260. The summed E-state index contributed by atoms with van der Waals surface area (Å²) in [6.07, 6.45) is 2.42. The van der Waals surface area contributed by atoms with Crippen molar-refractivity contribution >= 4 is 11.3 Å². The van der Waals surface area contributed by atoms with Gasteiger partial charge in [-0.15, -0.1) is 11.3 Å². The first kappa shape index (κ1) is 10.1. The SMILES string of the molecule is OC[C@@H]1CCCN(Cc2cccs2)C1. The number of likely N-dealkylation sites (tertiary alicyclic amines) is 1. The Morgan fingerprint density at radius 1 is 1.57 bits per heavy atom. The predicted octanol–water partition coefficient (Wildman–Crippen LogP) is 1.95. The predicted molar refractivity (Wildman–Crippen MR) is 59.4 cm³/mol. The van der Waals surface area contributed by atoms with Gasteiger partial charge in [0, 0.05) is 24.6 Å². The Morgan fingerprint density at radius 3 is 3.21 bits per heavy atom. The zero-order valence-electron chi connectivity index (χ0n) is 8.35. The van der Waals surface area contributed by atoms with Crippen LogP contribution < -0.4 is 0 Å². The van der Waals surface area contributed by atoms with Crippen LogP contribution in [0.15, 0.2) is 17.5 Å². The maximum atomic E-state index is 9.11. The largest absolute Gasteiger partial charge is 0.396 e. The standard InChI is InChI=1S/C11H17NOS/c13-9-10-3-1-5-12(7-10)8-11-4-2-6-14-11/h2,4,6,10,13H,1,3,5,7-9H2/t10-/m1/s1. The van der Waals surface area contributed by atoms with Crippen molar-refractivity contribution in [3.63, 3.8) is 0 Å². The highest BCUT2D eigenvalue weighted by Gasteiger charge is 2.19. The minimum absolute atomic E-state index is 0.348. The molecule has 1 aromatic heterocycles. The molecule has 78 valence electrons.